The predicted octanol–water partition coefficient (Wildman–Crippen LogP) is 1.54. The van der Waals surface area contributed by atoms with Gasteiger partial charge in [-0.1, -0.05) is 11.6 Å². The molecule has 0 aromatic heterocycles. The Balaban J connectivity index is 1.73. The first-order chi connectivity index (χ1) is 9.66. The van der Waals surface area contributed by atoms with Gasteiger partial charge in [-0.3, -0.25) is 4.79 Å². The Morgan fingerprint density at radius 1 is 1.45 bits per heavy atom. The normalized spacial score (nSPS) is 16.1. The fourth-order valence-electron chi connectivity index (χ4n) is 2.13. The zero-order chi connectivity index (χ0) is 14.4. The van der Waals surface area contributed by atoms with Crippen LogP contribution in [0.15, 0.2) is 18.2 Å². The van der Waals surface area contributed by atoms with E-state index in [0.29, 0.717) is 18.2 Å². The quantitative estimate of drug-likeness (QED) is 0.721. The molecule has 3 N–H and O–H groups in total. The highest BCUT2D eigenvalue weighted by Crippen LogP contribution is 2.20. The number of carbonyl (C=O) groups excluding carboxylic acids is 1. The third kappa shape index (κ3) is 4.37. The summed E-state index contributed by atoms with van der Waals surface area (Å²) in [5, 5.41) is 15.7. The summed E-state index contributed by atoms with van der Waals surface area (Å²) in [6.45, 7) is 2.87. The molecule has 2 rings (SSSR count). The summed E-state index contributed by atoms with van der Waals surface area (Å²) in [6.07, 6.45) is 2.29. The van der Waals surface area contributed by atoms with Gasteiger partial charge >= 0.3 is 0 Å². The second-order valence-corrected chi connectivity index (χ2v) is 5.15. The van der Waals surface area contributed by atoms with Crippen LogP contribution in [-0.4, -0.2) is 43.4 Å². The lowest BCUT2D eigenvalue weighted by molar-refractivity contribution is 0.0343. The highest BCUT2D eigenvalue weighted by atomic mass is 35.5. The Bertz CT molecular complexity index is 462. The average Bonchev–Trinajstić information content (AvgIpc) is 2.47. The molecule has 0 atom stereocenters. The SMILES string of the molecule is O=C(NCCOC1CCNCC1)c1cc(O)ccc1Cl. The highest BCUT2D eigenvalue weighted by molar-refractivity contribution is 6.33. The number of hydrogen-bond donors (Lipinski definition) is 3. The van der Waals surface area contributed by atoms with Crippen LogP contribution in [0.25, 0.3) is 0 Å². The molecule has 1 aliphatic rings. The fourth-order valence-corrected chi connectivity index (χ4v) is 2.34. The standard InChI is InChI=1S/C14H19ClN2O3/c15-13-2-1-10(18)9-12(13)14(19)17-7-8-20-11-3-5-16-6-4-11/h1-2,9,11,16,18H,3-8H2,(H,17,19). The maximum atomic E-state index is 11.9. The van der Waals surface area contributed by atoms with E-state index in [1.807, 2.05) is 0 Å². The molecular weight excluding hydrogens is 280 g/mol. The van der Waals surface area contributed by atoms with Gasteiger partial charge in [0, 0.05) is 6.54 Å². The molecule has 1 aliphatic heterocycles. The second-order valence-electron chi connectivity index (χ2n) is 4.74. The molecule has 1 saturated heterocycles. The summed E-state index contributed by atoms with van der Waals surface area (Å²) in [4.78, 5) is 11.9. The van der Waals surface area contributed by atoms with Crippen molar-refractivity contribution in [2.45, 2.75) is 18.9 Å². The van der Waals surface area contributed by atoms with Gasteiger partial charge in [-0.25, -0.2) is 0 Å². The molecule has 1 aromatic carbocycles. The van der Waals surface area contributed by atoms with Crippen molar-refractivity contribution in [1.82, 2.24) is 10.6 Å². The summed E-state index contributed by atoms with van der Waals surface area (Å²) < 4.78 is 5.69. The fraction of sp³-hybridized carbons (Fsp3) is 0.500. The van der Waals surface area contributed by atoms with Crippen molar-refractivity contribution in [3.05, 3.63) is 28.8 Å². The maximum absolute atomic E-state index is 11.9. The zero-order valence-corrected chi connectivity index (χ0v) is 11.9. The minimum absolute atomic E-state index is 0.0190. The molecule has 1 amide bonds. The van der Waals surface area contributed by atoms with Gasteiger partial charge < -0.3 is 20.5 Å². The van der Waals surface area contributed by atoms with E-state index >= 15 is 0 Å². The number of aromatic hydroxyl groups is 1. The number of ether oxygens (including phenoxy) is 1. The van der Waals surface area contributed by atoms with Gasteiger partial charge in [0.05, 0.1) is 23.3 Å². The van der Waals surface area contributed by atoms with Crippen molar-refractivity contribution in [2.24, 2.45) is 0 Å². The zero-order valence-electron chi connectivity index (χ0n) is 11.2. The van der Waals surface area contributed by atoms with Crippen LogP contribution in [0.3, 0.4) is 0 Å². The molecular formula is C14H19ClN2O3. The van der Waals surface area contributed by atoms with E-state index in [-0.39, 0.29) is 23.3 Å². The van der Waals surface area contributed by atoms with Crippen LogP contribution in [-0.2, 0) is 4.74 Å². The van der Waals surface area contributed by atoms with Crippen LogP contribution in [0.2, 0.25) is 5.02 Å². The molecule has 0 aliphatic carbocycles. The third-order valence-corrected chi connectivity index (χ3v) is 3.55. The first-order valence-corrected chi connectivity index (χ1v) is 7.13. The van der Waals surface area contributed by atoms with Crippen LogP contribution in [0.1, 0.15) is 23.2 Å². The molecule has 5 nitrogen and oxygen atoms in total. The number of carbonyl (C=O) groups is 1. The molecule has 0 saturated carbocycles. The molecule has 0 unspecified atom stereocenters. The van der Waals surface area contributed by atoms with Crippen LogP contribution in [0.4, 0.5) is 0 Å². The predicted molar refractivity (Wildman–Crippen MR) is 77.3 cm³/mol. The van der Waals surface area contributed by atoms with Gasteiger partial charge in [0.2, 0.25) is 0 Å². The van der Waals surface area contributed by atoms with Crippen molar-refractivity contribution in [3.8, 4) is 5.75 Å². The monoisotopic (exact) mass is 298 g/mol. The van der Waals surface area contributed by atoms with Crippen LogP contribution >= 0.6 is 11.6 Å². The average molecular weight is 299 g/mol. The number of amides is 1. The molecule has 0 bridgehead atoms. The molecule has 1 heterocycles. The topological polar surface area (TPSA) is 70.6 Å². The van der Waals surface area contributed by atoms with Crippen molar-refractivity contribution in [2.75, 3.05) is 26.2 Å². The number of benzene rings is 1. The molecule has 110 valence electrons. The number of halogens is 1. The number of nitrogens with one attached hydrogen (secondary N) is 2. The van der Waals surface area contributed by atoms with Crippen molar-refractivity contribution < 1.29 is 14.6 Å². The Morgan fingerprint density at radius 3 is 2.95 bits per heavy atom. The number of phenolic OH excluding ortho intramolecular Hbond substituents is 1. The van der Waals surface area contributed by atoms with Crippen LogP contribution in [0, 0.1) is 0 Å². The van der Waals surface area contributed by atoms with E-state index in [0.717, 1.165) is 25.9 Å². The highest BCUT2D eigenvalue weighted by Gasteiger charge is 2.14. The van der Waals surface area contributed by atoms with Gasteiger partial charge in [-0.15, -0.1) is 0 Å². The van der Waals surface area contributed by atoms with Crippen LogP contribution < -0.4 is 10.6 Å². The minimum Gasteiger partial charge on any atom is -0.508 e. The first-order valence-electron chi connectivity index (χ1n) is 6.76. The van der Waals surface area contributed by atoms with Gasteiger partial charge in [0.15, 0.2) is 0 Å². The number of hydrogen-bond acceptors (Lipinski definition) is 4. The summed E-state index contributed by atoms with van der Waals surface area (Å²) in [5.41, 5.74) is 0.272. The molecule has 20 heavy (non-hydrogen) atoms. The first kappa shape index (κ1) is 15.1. The Hall–Kier alpha value is -1.30. The van der Waals surface area contributed by atoms with E-state index < -0.39 is 0 Å². The van der Waals surface area contributed by atoms with E-state index in [9.17, 15) is 9.90 Å². The lowest BCUT2D eigenvalue weighted by Gasteiger charge is -2.22. The van der Waals surface area contributed by atoms with E-state index in [1.54, 1.807) is 0 Å². The number of rotatable bonds is 5. The van der Waals surface area contributed by atoms with Crippen LogP contribution in [0.5, 0.6) is 5.75 Å². The van der Waals surface area contributed by atoms with Crippen molar-refractivity contribution in [3.63, 3.8) is 0 Å². The van der Waals surface area contributed by atoms with Crippen molar-refractivity contribution in [1.29, 1.82) is 0 Å². The number of phenols is 1. The molecule has 1 aromatic rings. The summed E-state index contributed by atoms with van der Waals surface area (Å²) in [5.74, 6) is -0.287. The summed E-state index contributed by atoms with van der Waals surface area (Å²) in [7, 11) is 0. The Kier molecular flexibility index (Phi) is 5.64. The second kappa shape index (κ2) is 7.47. The van der Waals surface area contributed by atoms with E-state index in [4.69, 9.17) is 16.3 Å². The molecule has 0 radical (unpaired) electrons. The van der Waals surface area contributed by atoms with Gasteiger partial charge in [-0.2, -0.15) is 0 Å². The smallest absolute Gasteiger partial charge is 0.253 e. The van der Waals surface area contributed by atoms with E-state index in [2.05, 4.69) is 10.6 Å². The summed E-state index contributed by atoms with van der Waals surface area (Å²) >= 11 is 5.92. The maximum Gasteiger partial charge on any atom is 0.253 e. The number of piperidine rings is 1. The Morgan fingerprint density at radius 2 is 2.20 bits per heavy atom. The lowest BCUT2D eigenvalue weighted by atomic mass is 10.1. The van der Waals surface area contributed by atoms with Crippen molar-refractivity contribution >= 4 is 17.5 Å². The minimum atomic E-state index is -0.306. The molecule has 6 heteroatoms. The lowest BCUT2D eigenvalue weighted by Crippen LogP contribution is -2.34. The Labute approximate surface area is 123 Å². The summed E-state index contributed by atoms with van der Waals surface area (Å²) in [6, 6.07) is 4.29. The largest absolute Gasteiger partial charge is 0.508 e. The van der Waals surface area contributed by atoms with Gasteiger partial charge in [0.1, 0.15) is 5.75 Å². The van der Waals surface area contributed by atoms with Gasteiger partial charge in [-0.05, 0) is 44.1 Å². The third-order valence-electron chi connectivity index (χ3n) is 3.22. The van der Waals surface area contributed by atoms with Gasteiger partial charge in [0.25, 0.3) is 5.91 Å². The molecule has 0 spiro atoms. The van der Waals surface area contributed by atoms with E-state index in [1.165, 1.54) is 18.2 Å². The molecule has 1 fully saturated rings.